The number of fused-ring (bicyclic) bond motifs is 1. The molecule has 0 aliphatic carbocycles. The second kappa shape index (κ2) is 9.88. The molecule has 1 atom stereocenters. The van der Waals surface area contributed by atoms with Crippen LogP contribution in [0.1, 0.15) is 29.9 Å². The molecule has 0 spiro atoms. The Labute approximate surface area is 224 Å². The van der Waals surface area contributed by atoms with Crippen LogP contribution in [0.2, 0.25) is 5.02 Å². The fourth-order valence-electron chi connectivity index (χ4n) is 4.36. The number of thiazole rings is 1. The summed E-state index contributed by atoms with van der Waals surface area (Å²) in [4.78, 5) is 42.4. The molecule has 192 valence electrons. The molecule has 11 heteroatoms. The molecule has 0 saturated heterocycles. The van der Waals surface area contributed by atoms with Gasteiger partial charge in [0.15, 0.2) is 4.80 Å². The van der Waals surface area contributed by atoms with Crippen LogP contribution in [0, 0.1) is 17.0 Å². The Hall–Kier alpha value is -4.28. The number of allylic oxidation sites excluding steroid dienone is 1. The molecule has 0 bridgehead atoms. The molecule has 9 nitrogen and oxygen atoms in total. The Morgan fingerprint density at radius 1 is 1.18 bits per heavy atom. The van der Waals surface area contributed by atoms with Gasteiger partial charge < -0.3 is 9.15 Å². The lowest BCUT2D eigenvalue weighted by Crippen LogP contribution is -2.39. The summed E-state index contributed by atoms with van der Waals surface area (Å²) in [7, 11) is 1.28. The number of halogens is 1. The molecule has 0 fully saturated rings. The van der Waals surface area contributed by atoms with Crippen molar-refractivity contribution in [1.29, 1.82) is 0 Å². The predicted molar refractivity (Wildman–Crippen MR) is 143 cm³/mol. The number of furan rings is 1. The summed E-state index contributed by atoms with van der Waals surface area (Å²) >= 11 is 7.22. The first kappa shape index (κ1) is 25.4. The van der Waals surface area contributed by atoms with E-state index in [1.165, 1.54) is 17.7 Å². The van der Waals surface area contributed by atoms with E-state index in [1.807, 2.05) is 0 Å². The smallest absolute Gasteiger partial charge is 0.338 e. The molecular weight excluding hydrogens is 530 g/mol. The van der Waals surface area contributed by atoms with Crippen molar-refractivity contribution < 1.29 is 18.9 Å². The van der Waals surface area contributed by atoms with Crippen LogP contribution in [-0.2, 0) is 9.53 Å². The van der Waals surface area contributed by atoms with Gasteiger partial charge in [-0.15, -0.1) is 0 Å². The number of rotatable bonds is 5. The normalized spacial score (nSPS) is 15.3. The molecule has 0 radical (unpaired) electrons. The molecule has 2 aromatic heterocycles. The average Bonchev–Trinajstić information content (AvgIpc) is 3.47. The number of hydrogen-bond acceptors (Lipinski definition) is 8. The van der Waals surface area contributed by atoms with E-state index < -0.39 is 16.9 Å². The second-order valence-electron chi connectivity index (χ2n) is 8.60. The van der Waals surface area contributed by atoms with Gasteiger partial charge in [0.1, 0.15) is 11.5 Å². The predicted octanol–water partition coefficient (Wildman–Crippen LogP) is 4.54. The van der Waals surface area contributed by atoms with E-state index in [0.29, 0.717) is 42.7 Å². The van der Waals surface area contributed by atoms with E-state index in [-0.39, 0.29) is 16.8 Å². The Balaban J connectivity index is 1.64. The van der Waals surface area contributed by atoms with Crippen LogP contribution in [0.4, 0.5) is 5.69 Å². The van der Waals surface area contributed by atoms with Gasteiger partial charge in [-0.25, -0.2) is 9.79 Å². The highest BCUT2D eigenvalue weighted by Gasteiger charge is 2.33. The third kappa shape index (κ3) is 4.48. The van der Waals surface area contributed by atoms with E-state index in [0.717, 1.165) is 16.9 Å². The molecule has 1 aliphatic heterocycles. The molecule has 5 rings (SSSR count). The van der Waals surface area contributed by atoms with Crippen molar-refractivity contribution in [2.75, 3.05) is 7.11 Å². The molecule has 4 aromatic rings. The lowest BCUT2D eigenvalue weighted by Gasteiger charge is -2.24. The van der Waals surface area contributed by atoms with Crippen molar-refractivity contribution in [3.8, 4) is 11.3 Å². The van der Waals surface area contributed by atoms with E-state index in [4.69, 9.17) is 20.8 Å². The average molecular weight is 550 g/mol. The van der Waals surface area contributed by atoms with Crippen LogP contribution < -0.4 is 14.9 Å². The van der Waals surface area contributed by atoms with Gasteiger partial charge in [-0.1, -0.05) is 41.1 Å². The molecule has 3 heterocycles. The van der Waals surface area contributed by atoms with E-state index >= 15 is 0 Å². The summed E-state index contributed by atoms with van der Waals surface area (Å²) in [5.41, 5.74) is 2.01. The maximum atomic E-state index is 13.6. The van der Waals surface area contributed by atoms with Gasteiger partial charge in [0.25, 0.3) is 11.2 Å². The SMILES string of the molecule is COC(=O)C1=C(C)N=c2s/c(=C\c3ccc(-c4ccc(C)cc4[N+](=O)[O-])o3)c(=O)n2[C@H]1c1ccc(Cl)cc1. The number of carbonyl (C=O) groups is 1. The first-order chi connectivity index (χ1) is 18.2. The van der Waals surface area contributed by atoms with Gasteiger partial charge >= 0.3 is 5.97 Å². The Bertz CT molecular complexity index is 1810. The number of nitro benzene ring substituents is 1. The fraction of sp³-hybridized carbons (Fsp3) is 0.148. The topological polar surface area (TPSA) is 117 Å². The monoisotopic (exact) mass is 549 g/mol. The Kier molecular flexibility index (Phi) is 6.60. The van der Waals surface area contributed by atoms with Crippen LogP contribution in [-0.4, -0.2) is 22.6 Å². The third-order valence-electron chi connectivity index (χ3n) is 6.13. The van der Waals surface area contributed by atoms with E-state index in [2.05, 4.69) is 4.99 Å². The zero-order chi connectivity index (χ0) is 27.1. The highest BCUT2D eigenvalue weighted by Crippen LogP contribution is 2.33. The summed E-state index contributed by atoms with van der Waals surface area (Å²) in [6.45, 7) is 3.47. The minimum absolute atomic E-state index is 0.0703. The molecule has 0 unspecified atom stereocenters. The summed E-state index contributed by atoms with van der Waals surface area (Å²) < 4.78 is 12.7. The number of carbonyl (C=O) groups excluding carboxylic acids is 1. The molecule has 38 heavy (non-hydrogen) atoms. The van der Waals surface area contributed by atoms with E-state index in [9.17, 15) is 19.7 Å². The fourth-order valence-corrected chi connectivity index (χ4v) is 5.51. The first-order valence-electron chi connectivity index (χ1n) is 11.4. The number of esters is 1. The maximum absolute atomic E-state index is 13.6. The van der Waals surface area contributed by atoms with Crippen LogP contribution in [0.25, 0.3) is 17.4 Å². The summed E-state index contributed by atoms with van der Waals surface area (Å²) in [6, 6.07) is 14.2. The van der Waals surface area contributed by atoms with Crippen molar-refractivity contribution in [1.82, 2.24) is 4.57 Å². The standard InChI is InChI=1S/C27H20ClN3O6S/c1-14-4-10-19(20(12-14)31(34)35)21-11-9-18(37-21)13-22-25(32)30-24(16-5-7-17(28)8-6-16)23(26(33)36-3)15(2)29-27(30)38-22/h4-13,24H,1-3H3/b22-13-/t24-/m0/s1. The van der Waals surface area contributed by atoms with Crippen LogP contribution in [0.3, 0.4) is 0 Å². The molecular formula is C27H20ClN3O6S. The largest absolute Gasteiger partial charge is 0.466 e. The van der Waals surface area contributed by atoms with Gasteiger partial charge in [-0.2, -0.15) is 0 Å². The number of aryl methyl sites for hydroxylation is 1. The van der Waals surface area contributed by atoms with Gasteiger partial charge in [-0.3, -0.25) is 19.5 Å². The van der Waals surface area contributed by atoms with Crippen molar-refractivity contribution in [2.45, 2.75) is 19.9 Å². The van der Waals surface area contributed by atoms with Gasteiger partial charge in [0.05, 0.1) is 39.4 Å². The van der Waals surface area contributed by atoms with Crippen molar-refractivity contribution in [2.24, 2.45) is 4.99 Å². The zero-order valence-electron chi connectivity index (χ0n) is 20.4. The number of nitro groups is 1. The molecule has 0 saturated carbocycles. The number of methoxy groups -OCH3 is 1. The number of ether oxygens (including phenoxy) is 1. The third-order valence-corrected chi connectivity index (χ3v) is 7.36. The van der Waals surface area contributed by atoms with Crippen LogP contribution in [0.15, 0.2) is 80.1 Å². The molecule has 2 aromatic carbocycles. The van der Waals surface area contributed by atoms with Crippen LogP contribution in [0.5, 0.6) is 0 Å². The van der Waals surface area contributed by atoms with Gasteiger partial charge in [0, 0.05) is 17.2 Å². The summed E-state index contributed by atoms with van der Waals surface area (Å²) in [5.74, 6) is 0.0570. The van der Waals surface area contributed by atoms with Crippen LogP contribution >= 0.6 is 22.9 Å². The van der Waals surface area contributed by atoms with Crippen molar-refractivity contribution in [3.05, 3.63) is 118 Å². The lowest BCUT2D eigenvalue weighted by molar-refractivity contribution is -0.384. The Morgan fingerprint density at radius 2 is 1.92 bits per heavy atom. The second-order valence-corrected chi connectivity index (χ2v) is 10.1. The van der Waals surface area contributed by atoms with Gasteiger partial charge in [0.2, 0.25) is 0 Å². The highest BCUT2D eigenvalue weighted by atomic mass is 35.5. The Morgan fingerprint density at radius 3 is 2.61 bits per heavy atom. The van der Waals surface area contributed by atoms with E-state index in [1.54, 1.807) is 68.5 Å². The lowest BCUT2D eigenvalue weighted by atomic mass is 9.96. The zero-order valence-corrected chi connectivity index (χ0v) is 22.0. The van der Waals surface area contributed by atoms with Gasteiger partial charge in [-0.05, 0) is 55.3 Å². The first-order valence-corrected chi connectivity index (χ1v) is 12.6. The van der Waals surface area contributed by atoms with Crippen molar-refractivity contribution in [3.63, 3.8) is 0 Å². The highest BCUT2D eigenvalue weighted by molar-refractivity contribution is 7.07. The number of nitrogens with zero attached hydrogens (tertiary/aromatic N) is 3. The minimum atomic E-state index is -0.763. The quantitative estimate of drug-likeness (QED) is 0.205. The molecule has 0 amide bonds. The van der Waals surface area contributed by atoms with Crippen molar-refractivity contribution >= 4 is 40.7 Å². The number of hydrogen-bond donors (Lipinski definition) is 0. The number of aromatic nitrogens is 1. The minimum Gasteiger partial charge on any atom is -0.466 e. The summed E-state index contributed by atoms with van der Waals surface area (Å²) in [6.07, 6.45) is 1.56. The number of benzene rings is 2. The molecule has 1 aliphatic rings. The molecule has 0 N–H and O–H groups in total. The maximum Gasteiger partial charge on any atom is 0.338 e. The summed E-state index contributed by atoms with van der Waals surface area (Å²) in [5, 5.41) is 12.1.